The lowest BCUT2D eigenvalue weighted by Gasteiger charge is -2.15. The lowest BCUT2D eigenvalue weighted by atomic mass is 10.1. The smallest absolute Gasteiger partial charge is 0.167 e. The second-order valence-electron chi connectivity index (χ2n) is 5.28. The van der Waals surface area contributed by atoms with Crippen LogP contribution in [0.25, 0.3) is 0 Å². The van der Waals surface area contributed by atoms with Crippen molar-refractivity contribution >= 4 is 0 Å². The van der Waals surface area contributed by atoms with E-state index in [0.29, 0.717) is 17.9 Å². The summed E-state index contributed by atoms with van der Waals surface area (Å²) >= 11 is 0. The Balaban J connectivity index is 2.29. The van der Waals surface area contributed by atoms with Gasteiger partial charge in [-0.1, -0.05) is 26.0 Å². The zero-order valence-electron chi connectivity index (χ0n) is 12.4. The van der Waals surface area contributed by atoms with Gasteiger partial charge in [-0.15, -0.1) is 0 Å². The van der Waals surface area contributed by atoms with Crippen LogP contribution in [0.1, 0.15) is 25.0 Å². The molecule has 0 spiro atoms. The molecule has 0 aromatic heterocycles. The van der Waals surface area contributed by atoms with E-state index in [1.165, 1.54) is 24.3 Å². The lowest BCUT2D eigenvalue weighted by molar-refractivity contribution is 0.428. The highest BCUT2D eigenvalue weighted by Gasteiger charge is 2.12. The minimum absolute atomic E-state index is 0.181. The van der Waals surface area contributed by atoms with Crippen molar-refractivity contribution in [3.63, 3.8) is 0 Å². The molecule has 1 N–H and O–H groups in total. The molecule has 0 fully saturated rings. The molecule has 0 bridgehead atoms. The van der Waals surface area contributed by atoms with Gasteiger partial charge in [-0.05, 0) is 36.8 Å². The van der Waals surface area contributed by atoms with Crippen molar-refractivity contribution in [1.82, 2.24) is 5.32 Å². The van der Waals surface area contributed by atoms with Gasteiger partial charge in [-0.3, -0.25) is 0 Å². The summed E-state index contributed by atoms with van der Waals surface area (Å²) in [6.07, 6.45) is 0. The van der Waals surface area contributed by atoms with Gasteiger partial charge in [0.15, 0.2) is 11.6 Å². The topological polar surface area (TPSA) is 21.3 Å². The molecule has 0 radical (unpaired) electrons. The fourth-order valence-corrected chi connectivity index (χ4v) is 1.96. The van der Waals surface area contributed by atoms with E-state index in [-0.39, 0.29) is 17.6 Å². The first-order valence-corrected chi connectivity index (χ1v) is 6.92. The molecule has 0 saturated heterocycles. The maximum atomic E-state index is 14.0. The quantitative estimate of drug-likeness (QED) is 0.871. The van der Waals surface area contributed by atoms with Gasteiger partial charge in [0.2, 0.25) is 0 Å². The first-order chi connectivity index (χ1) is 9.97. The fraction of sp³-hybridized carbons (Fsp3) is 0.294. The molecule has 2 aromatic carbocycles. The van der Waals surface area contributed by atoms with Crippen LogP contribution in [0.2, 0.25) is 0 Å². The zero-order chi connectivity index (χ0) is 15.4. The van der Waals surface area contributed by atoms with Crippen LogP contribution >= 0.6 is 0 Å². The van der Waals surface area contributed by atoms with E-state index in [9.17, 15) is 8.78 Å². The fourth-order valence-electron chi connectivity index (χ4n) is 1.96. The minimum Gasteiger partial charge on any atom is -0.454 e. The lowest BCUT2D eigenvalue weighted by Crippen LogP contribution is -2.22. The predicted molar refractivity (Wildman–Crippen MR) is 79.6 cm³/mol. The average Bonchev–Trinajstić information content (AvgIpc) is 2.42. The molecule has 0 saturated carbocycles. The summed E-state index contributed by atoms with van der Waals surface area (Å²) in [5.41, 5.74) is 1.36. The van der Waals surface area contributed by atoms with Gasteiger partial charge in [0.05, 0.1) is 0 Å². The number of hydrogen-bond acceptors (Lipinski definition) is 2. The largest absolute Gasteiger partial charge is 0.454 e. The van der Waals surface area contributed by atoms with Gasteiger partial charge < -0.3 is 10.1 Å². The second-order valence-corrected chi connectivity index (χ2v) is 5.28. The van der Waals surface area contributed by atoms with Gasteiger partial charge >= 0.3 is 0 Å². The standard InChI is InChI=1S/C17H19F2NO/c1-11(2)20-10-13-5-4-6-15(19)17(13)21-16-8-7-14(18)9-12(16)3/h4-9,11,20H,10H2,1-3H3. The Kier molecular flexibility index (Phi) is 4.91. The monoisotopic (exact) mass is 291 g/mol. The van der Waals surface area contributed by atoms with Gasteiger partial charge in [-0.2, -0.15) is 0 Å². The molecule has 0 unspecified atom stereocenters. The Morgan fingerprint density at radius 2 is 1.90 bits per heavy atom. The number of ether oxygens (including phenoxy) is 1. The number of aryl methyl sites for hydroxylation is 1. The highest BCUT2D eigenvalue weighted by molar-refractivity contribution is 5.42. The van der Waals surface area contributed by atoms with Gasteiger partial charge in [0, 0.05) is 18.2 Å². The Bertz CT molecular complexity index is 626. The van der Waals surface area contributed by atoms with E-state index in [4.69, 9.17) is 4.74 Å². The van der Waals surface area contributed by atoms with Crippen molar-refractivity contribution in [2.24, 2.45) is 0 Å². The first kappa shape index (κ1) is 15.4. The van der Waals surface area contributed by atoms with Crippen LogP contribution in [0.5, 0.6) is 11.5 Å². The third kappa shape index (κ3) is 4.02. The predicted octanol–water partition coefficient (Wildman–Crippen LogP) is 4.56. The molecule has 0 amide bonds. The molecule has 0 aliphatic rings. The average molecular weight is 291 g/mol. The summed E-state index contributed by atoms with van der Waals surface area (Å²) in [7, 11) is 0. The second kappa shape index (κ2) is 6.68. The van der Waals surface area contributed by atoms with E-state index >= 15 is 0 Å². The van der Waals surface area contributed by atoms with Crippen molar-refractivity contribution in [2.45, 2.75) is 33.4 Å². The Morgan fingerprint density at radius 1 is 1.14 bits per heavy atom. The van der Waals surface area contributed by atoms with E-state index < -0.39 is 5.82 Å². The van der Waals surface area contributed by atoms with Gasteiger partial charge in [0.1, 0.15) is 11.6 Å². The Morgan fingerprint density at radius 3 is 2.57 bits per heavy atom. The van der Waals surface area contributed by atoms with Crippen LogP contribution < -0.4 is 10.1 Å². The summed E-state index contributed by atoms with van der Waals surface area (Å²) in [5, 5.41) is 3.23. The maximum Gasteiger partial charge on any atom is 0.167 e. The third-order valence-electron chi connectivity index (χ3n) is 3.10. The van der Waals surface area contributed by atoms with Crippen LogP contribution in [0.3, 0.4) is 0 Å². The summed E-state index contributed by atoms with van der Waals surface area (Å²) < 4.78 is 32.8. The SMILES string of the molecule is Cc1cc(F)ccc1Oc1c(F)cccc1CNC(C)C. The summed E-state index contributed by atoms with van der Waals surface area (Å²) in [6.45, 7) is 6.27. The molecule has 4 heteroatoms. The molecule has 0 aliphatic carbocycles. The molecule has 0 heterocycles. The van der Waals surface area contributed by atoms with Crippen molar-refractivity contribution in [1.29, 1.82) is 0 Å². The molecule has 0 aliphatic heterocycles. The number of hydrogen-bond donors (Lipinski definition) is 1. The number of nitrogens with one attached hydrogen (secondary N) is 1. The summed E-state index contributed by atoms with van der Waals surface area (Å²) in [6, 6.07) is 9.28. The number of rotatable bonds is 5. The van der Waals surface area contributed by atoms with Crippen LogP contribution in [0.4, 0.5) is 8.78 Å². The van der Waals surface area contributed by atoms with E-state index in [1.54, 1.807) is 13.0 Å². The number of para-hydroxylation sites is 1. The number of benzene rings is 2. The van der Waals surface area contributed by atoms with Crippen LogP contribution in [-0.2, 0) is 6.54 Å². The third-order valence-corrected chi connectivity index (χ3v) is 3.10. The molecule has 21 heavy (non-hydrogen) atoms. The van der Waals surface area contributed by atoms with Crippen LogP contribution in [0.15, 0.2) is 36.4 Å². The highest BCUT2D eigenvalue weighted by Crippen LogP contribution is 2.30. The Labute approximate surface area is 123 Å². The molecule has 0 atom stereocenters. The normalized spacial score (nSPS) is 11.0. The van der Waals surface area contributed by atoms with Gasteiger partial charge in [0.25, 0.3) is 0 Å². The molecule has 112 valence electrons. The molecule has 2 aromatic rings. The Hall–Kier alpha value is -1.94. The van der Waals surface area contributed by atoms with Crippen molar-refractivity contribution in [2.75, 3.05) is 0 Å². The van der Waals surface area contributed by atoms with E-state index in [1.807, 2.05) is 19.9 Å². The van der Waals surface area contributed by atoms with Crippen molar-refractivity contribution in [3.8, 4) is 11.5 Å². The molecule has 2 nitrogen and oxygen atoms in total. The van der Waals surface area contributed by atoms with Crippen LogP contribution in [0, 0.1) is 18.6 Å². The maximum absolute atomic E-state index is 14.0. The van der Waals surface area contributed by atoms with E-state index in [0.717, 1.165) is 5.56 Å². The van der Waals surface area contributed by atoms with E-state index in [2.05, 4.69) is 5.32 Å². The minimum atomic E-state index is -0.429. The summed E-state index contributed by atoms with van der Waals surface area (Å²) in [4.78, 5) is 0. The van der Waals surface area contributed by atoms with Crippen molar-refractivity contribution < 1.29 is 13.5 Å². The van der Waals surface area contributed by atoms with Crippen LogP contribution in [-0.4, -0.2) is 6.04 Å². The highest BCUT2D eigenvalue weighted by atomic mass is 19.1. The molecular weight excluding hydrogens is 272 g/mol. The molecular formula is C17H19F2NO. The molecule has 2 rings (SSSR count). The zero-order valence-corrected chi connectivity index (χ0v) is 12.4. The number of halogens is 2. The van der Waals surface area contributed by atoms with Gasteiger partial charge in [-0.25, -0.2) is 8.78 Å². The first-order valence-electron chi connectivity index (χ1n) is 6.92. The summed E-state index contributed by atoms with van der Waals surface area (Å²) in [5.74, 6) is -0.135. The van der Waals surface area contributed by atoms with Crippen molar-refractivity contribution in [3.05, 3.63) is 59.2 Å².